The van der Waals surface area contributed by atoms with Crippen LogP contribution >= 0.6 is 11.6 Å². The van der Waals surface area contributed by atoms with Crippen molar-refractivity contribution < 1.29 is 14.3 Å². The van der Waals surface area contributed by atoms with E-state index < -0.39 is 5.41 Å². The van der Waals surface area contributed by atoms with E-state index in [-0.39, 0.29) is 18.7 Å². The molecular formula is C19H18ClNO3. The third-order valence-electron chi connectivity index (χ3n) is 4.83. The molecule has 2 aromatic carbocycles. The molecule has 4 rings (SSSR count). The quantitative estimate of drug-likeness (QED) is 0.913. The number of hydrogen-bond donors (Lipinski definition) is 1. The van der Waals surface area contributed by atoms with Gasteiger partial charge in [0, 0.05) is 5.02 Å². The maximum atomic E-state index is 12.8. The average Bonchev–Trinajstić information content (AvgIpc) is 3.26. The van der Waals surface area contributed by atoms with E-state index in [2.05, 4.69) is 5.32 Å². The van der Waals surface area contributed by atoms with Gasteiger partial charge < -0.3 is 14.8 Å². The molecule has 0 bridgehead atoms. The van der Waals surface area contributed by atoms with Crippen LogP contribution in [0.3, 0.4) is 0 Å². The maximum absolute atomic E-state index is 12.8. The van der Waals surface area contributed by atoms with Gasteiger partial charge in [0.1, 0.15) is 0 Å². The molecule has 5 heteroatoms. The first kappa shape index (κ1) is 15.3. The minimum atomic E-state index is -0.408. The Morgan fingerprint density at radius 3 is 2.54 bits per heavy atom. The van der Waals surface area contributed by atoms with Crippen LogP contribution in [0, 0.1) is 0 Å². The van der Waals surface area contributed by atoms with E-state index in [0.29, 0.717) is 5.02 Å². The summed E-state index contributed by atoms with van der Waals surface area (Å²) in [4.78, 5) is 12.8. The molecule has 2 aliphatic rings. The lowest BCUT2D eigenvalue weighted by Crippen LogP contribution is -2.36. The SMILES string of the molecule is CC(NC(=O)C1(c2ccc(Cl)cc2)CC1)c1ccc2c(c1)OCO2. The zero-order valence-electron chi connectivity index (χ0n) is 13.3. The summed E-state index contributed by atoms with van der Waals surface area (Å²) in [5.74, 6) is 1.54. The number of nitrogens with one attached hydrogen (secondary N) is 1. The molecule has 1 heterocycles. The third-order valence-corrected chi connectivity index (χ3v) is 5.08. The lowest BCUT2D eigenvalue weighted by molar-refractivity contribution is -0.124. The van der Waals surface area contributed by atoms with Gasteiger partial charge in [-0.25, -0.2) is 0 Å². The molecule has 0 radical (unpaired) electrons. The standard InChI is InChI=1S/C19H18ClNO3/c1-12(13-2-7-16-17(10-13)24-11-23-16)21-18(22)19(8-9-19)14-3-5-15(20)6-4-14/h2-7,10,12H,8-9,11H2,1H3,(H,21,22). The molecular weight excluding hydrogens is 326 g/mol. The van der Waals surface area contributed by atoms with E-state index in [4.69, 9.17) is 21.1 Å². The molecule has 0 aromatic heterocycles. The highest BCUT2D eigenvalue weighted by Gasteiger charge is 2.51. The van der Waals surface area contributed by atoms with Crippen molar-refractivity contribution in [3.8, 4) is 11.5 Å². The lowest BCUT2D eigenvalue weighted by atomic mass is 9.94. The van der Waals surface area contributed by atoms with Gasteiger partial charge >= 0.3 is 0 Å². The summed E-state index contributed by atoms with van der Waals surface area (Å²) in [7, 11) is 0. The van der Waals surface area contributed by atoms with Gasteiger partial charge in [-0.05, 0) is 55.2 Å². The number of carbonyl (C=O) groups excluding carboxylic acids is 1. The number of fused-ring (bicyclic) bond motifs is 1. The van der Waals surface area contributed by atoms with Crippen molar-refractivity contribution in [1.29, 1.82) is 0 Å². The molecule has 2 aromatic rings. The van der Waals surface area contributed by atoms with Crippen molar-refractivity contribution in [1.82, 2.24) is 5.32 Å². The molecule has 1 aliphatic carbocycles. The van der Waals surface area contributed by atoms with Gasteiger partial charge in [0.15, 0.2) is 11.5 Å². The maximum Gasteiger partial charge on any atom is 0.231 e. The van der Waals surface area contributed by atoms with E-state index >= 15 is 0 Å². The largest absolute Gasteiger partial charge is 0.454 e. The fourth-order valence-electron chi connectivity index (χ4n) is 3.14. The summed E-state index contributed by atoms with van der Waals surface area (Å²) in [6.07, 6.45) is 1.74. The van der Waals surface area contributed by atoms with Crippen LogP contribution in [0.2, 0.25) is 5.02 Å². The van der Waals surface area contributed by atoms with Gasteiger partial charge in [-0.1, -0.05) is 29.8 Å². The van der Waals surface area contributed by atoms with Crippen LogP contribution in [-0.4, -0.2) is 12.7 Å². The van der Waals surface area contributed by atoms with Crippen molar-refractivity contribution in [3.05, 3.63) is 58.6 Å². The Morgan fingerprint density at radius 1 is 1.12 bits per heavy atom. The second-order valence-electron chi connectivity index (χ2n) is 6.40. The molecule has 1 N–H and O–H groups in total. The summed E-state index contributed by atoms with van der Waals surface area (Å²) in [5, 5.41) is 3.82. The normalized spacial score (nSPS) is 18.1. The number of carbonyl (C=O) groups is 1. The van der Waals surface area contributed by atoms with E-state index in [0.717, 1.165) is 35.5 Å². The smallest absolute Gasteiger partial charge is 0.231 e. The molecule has 24 heavy (non-hydrogen) atoms. The van der Waals surface area contributed by atoms with E-state index in [1.165, 1.54) is 0 Å². The number of benzene rings is 2. The summed E-state index contributed by atoms with van der Waals surface area (Å²) in [6.45, 7) is 2.23. The first-order chi connectivity index (χ1) is 11.6. The van der Waals surface area contributed by atoms with Crippen molar-refractivity contribution >= 4 is 17.5 Å². The molecule has 1 amide bonds. The van der Waals surface area contributed by atoms with E-state index in [1.807, 2.05) is 49.4 Å². The summed E-state index contributed by atoms with van der Waals surface area (Å²) in [6, 6.07) is 13.2. The van der Waals surface area contributed by atoms with Gasteiger partial charge in [-0.3, -0.25) is 4.79 Å². The molecule has 1 fully saturated rings. The summed E-state index contributed by atoms with van der Waals surface area (Å²) >= 11 is 5.95. The minimum absolute atomic E-state index is 0.0648. The van der Waals surface area contributed by atoms with Crippen LogP contribution in [0.15, 0.2) is 42.5 Å². The van der Waals surface area contributed by atoms with Crippen LogP contribution < -0.4 is 14.8 Å². The Bertz CT molecular complexity index is 784. The fraction of sp³-hybridized carbons (Fsp3) is 0.316. The lowest BCUT2D eigenvalue weighted by Gasteiger charge is -2.20. The Kier molecular flexibility index (Phi) is 3.65. The van der Waals surface area contributed by atoms with Crippen molar-refractivity contribution in [2.45, 2.75) is 31.2 Å². The van der Waals surface area contributed by atoms with Crippen molar-refractivity contribution in [3.63, 3.8) is 0 Å². The van der Waals surface area contributed by atoms with E-state index in [1.54, 1.807) is 0 Å². The Labute approximate surface area is 145 Å². The number of amides is 1. The van der Waals surface area contributed by atoms with Crippen LogP contribution in [-0.2, 0) is 10.2 Å². The molecule has 1 atom stereocenters. The second-order valence-corrected chi connectivity index (χ2v) is 6.83. The van der Waals surface area contributed by atoms with Gasteiger partial charge in [-0.2, -0.15) is 0 Å². The number of ether oxygens (including phenoxy) is 2. The molecule has 1 saturated carbocycles. The molecule has 4 nitrogen and oxygen atoms in total. The fourth-order valence-corrected chi connectivity index (χ4v) is 3.27. The topological polar surface area (TPSA) is 47.6 Å². The second kappa shape index (κ2) is 5.71. The third kappa shape index (κ3) is 2.61. The van der Waals surface area contributed by atoms with Gasteiger partial charge in [0.05, 0.1) is 11.5 Å². The first-order valence-corrected chi connectivity index (χ1v) is 8.43. The number of hydrogen-bond acceptors (Lipinski definition) is 3. The highest BCUT2D eigenvalue weighted by molar-refractivity contribution is 6.30. The Hall–Kier alpha value is -2.20. The Morgan fingerprint density at radius 2 is 1.83 bits per heavy atom. The van der Waals surface area contributed by atoms with Crippen LogP contribution in [0.25, 0.3) is 0 Å². The van der Waals surface area contributed by atoms with Gasteiger partial charge in [-0.15, -0.1) is 0 Å². The van der Waals surface area contributed by atoms with Gasteiger partial charge in [0.25, 0.3) is 0 Å². The van der Waals surface area contributed by atoms with Crippen LogP contribution in [0.1, 0.15) is 36.9 Å². The highest BCUT2D eigenvalue weighted by atomic mass is 35.5. The molecule has 0 saturated heterocycles. The Balaban J connectivity index is 1.50. The summed E-state index contributed by atoms with van der Waals surface area (Å²) < 4.78 is 10.7. The summed E-state index contributed by atoms with van der Waals surface area (Å²) in [5.41, 5.74) is 1.62. The van der Waals surface area contributed by atoms with E-state index in [9.17, 15) is 4.79 Å². The monoisotopic (exact) mass is 343 g/mol. The zero-order chi connectivity index (χ0) is 16.7. The number of rotatable bonds is 4. The molecule has 124 valence electrons. The predicted octanol–water partition coefficient (Wildman–Crippen LogP) is 3.98. The number of halogens is 1. The average molecular weight is 344 g/mol. The first-order valence-electron chi connectivity index (χ1n) is 8.05. The predicted molar refractivity (Wildman–Crippen MR) is 91.5 cm³/mol. The zero-order valence-corrected chi connectivity index (χ0v) is 14.1. The van der Waals surface area contributed by atoms with Crippen LogP contribution in [0.4, 0.5) is 0 Å². The molecule has 1 aliphatic heterocycles. The minimum Gasteiger partial charge on any atom is -0.454 e. The highest BCUT2D eigenvalue weighted by Crippen LogP contribution is 2.49. The molecule has 0 spiro atoms. The van der Waals surface area contributed by atoms with Gasteiger partial charge in [0.2, 0.25) is 12.7 Å². The molecule has 1 unspecified atom stereocenters. The van der Waals surface area contributed by atoms with Crippen molar-refractivity contribution in [2.75, 3.05) is 6.79 Å². The van der Waals surface area contributed by atoms with Crippen molar-refractivity contribution in [2.24, 2.45) is 0 Å². The van der Waals surface area contributed by atoms with Crippen LogP contribution in [0.5, 0.6) is 11.5 Å².